The summed E-state index contributed by atoms with van der Waals surface area (Å²) in [6, 6.07) is 33.4. The van der Waals surface area contributed by atoms with Gasteiger partial charge in [-0.05, 0) is 214 Å². The highest BCUT2D eigenvalue weighted by Gasteiger charge is 2.35. The number of pyridine rings is 4. The molecule has 41 nitrogen and oxygen atoms in total. The number of nitrogens with one attached hydrogen (secondary N) is 4. The molecule has 10 aromatic rings. The Labute approximate surface area is 798 Å². The number of carboxylic acids is 4. The molecule has 138 heavy (non-hydrogen) atoms. The number of hydrogen-bond donors (Lipinski definition) is 8. The van der Waals surface area contributed by atoms with Gasteiger partial charge in [0, 0.05) is 35.3 Å². The van der Waals surface area contributed by atoms with Gasteiger partial charge in [0.15, 0.2) is 0 Å². The zero-order valence-corrected chi connectivity index (χ0v) is 79.6. The van der Waals surface area contributed by atoms with Gasteiger partial charge in [-0.15, -0.1) is 20.4 Å². The Bertz CT molecular complexity index is 5750. The molecular weight excluding hydrogens is 1780 g/mol. The van der Waals surface area contributed by atoms with Gasteiger partial charge >= 0.3 is 48.3 Å². The summed E-state index contributed by atoms with van der Waals surface area (Å²) in [6.45, 7) is 11.3. The van der Waals surface area contributed by atoms with Crippen molar-refractivity contribution in [1.82, 2.24) is 101 Å². The van der Waals surface area contributed by atoms with E-state index in [4.69, 9.17) is 52.6 Å². The highest BCUT2D eigenvalue weighted by molar-refractivity contribution is 5.73. The van der Waals surface area contributed by atoms with E-state index in [0.717, 1.165) is 99.6 Å². The van der Waals surface area contributed by atoms with E-state index in [1.165, 1.54) is 0 Å². The van der Waals surface area contributed by atoms with Gasteiger partial charge in [-0.25, -0.2) is 57.8 Å². The molecule has 5 aliphatic carbocycles. The number of aromatic nitrogens is 16. The van der Waals surface area contributed by atoms with Gasteiger partial charge in [0.05, 0.1) is 150 Å². The SMILES string of the molecule is CCc1nc(-c2nnn(C)c2CNC(=O)OCc2ccccc2)ccc1O[C@H]1CCC[C@H](C(=O)O)C1.COCc1nc(-c2nnn(C)c2CNC(=O)OCc2ccccc2)ccc1O[C@H]1CCC[C@H](C(=O)O)C1.Cc1nc(-c2nnn(C)c2CNC(=O)OC2CCCC2)ccc1O[C@H]1CCCC(C(=O)O)C1.Cc1nc(-c2nnn(C)c2CNC(=O)OCC(C)C)ccc1O[C@H]1CCCC(C(=O)O)C1. The fraction of sp³-hybridized carbons (Fsp3) is 0.505. The van der Waals surface area contributed by atoms with E-state index in [2.05, 4.69) is 72.5 Å². The second kappa shape index (κ2) is 50.5. The molecule has 8 aromatic heterocycles. The number of ether oxygens (including phenoxy) is 9. The average Bonchev–Trinajstić information content (AvgIpc) is 1.68. The largest absolute Gasteiger partial charge is 0.489 e. The molecule has 2 unspecified atom stereocenters. The number of methoxy groups -OCH3 is 1. The lowest BCUT2D eigenvalue weighted by molar-refractivity contribution is -0.144. The number of rotatable bonds is 34. The van der Waals surface area contributed by atoms with Crippen molar-refractivity contribution in [3.05, 3.63) is 166 Å². The standard InChI is InChI=1S/C26H31N5O6.C26H31N5O5.C23H31N5O5.C22H31N5O5/c1-31-22(14-27-26(34)36-15-17-7-4-3-5-8-17)24(29-30-31)20-11-12-23(21(28-20)16-35-2)37-19-10-6-9-18(13-19)25(32)33;1-3-20-23(36-19-11-7-10-18(14-19)25(32)33)13-12-21(28-20)24-22(31(2)30-29-24)15-27-26(34)35-16-17-8-5-4-6-9-17;1-14-20(32-17-9-5-6-15(12-17)22(29)30)11-10-18(25-14)21-19(28(2)27-26-21)13-24-23(31)33-16-7-3-4-8-16;1-13(2)12-31-22(30)23-11-18-20(25-26-27(18)4)17-8-9-19(14(3)24-17)32-16-7-5-6-15(10-16)21(28)29/h3-5,7-8,11-12,18-19H,6,9-10,13-16H2,1-2H3,(H,27,34)(H,32,33);4-6,8-9,12-13,18-19H,3,7,10-11,14-16H2,1-2H3,(H,27,34)(H,32,33);10-11,15-17H,3-9,12-13H2,1-2H3,(H,24,31)(H,29,30);8-9,13,15-16H,5-7,10-12H2,1-4H3,(H,23,30)(H,28,29)/t2*18-,19-;15?,17-;15?,16-/m0000/s1. The lowest BCUT2D eigenvalue weighted by atomic mass is 9.87. The third-order valence-corrected chi connectivity index (χ3v) is 24.5. The minimum Gasteiger partial charge on any atom is -0.489 e. The number of carbonyl (C=O) groups is 8. The van der Waals surface area contributed by atoms with Crippen molar-refractivity contribution in [2.24, 2.45) is 57.8 Å². The summed E-state index contributed by atoms with van der Waals surface area (Å²) in [5.74, 6) is -1.82. The second-order valence-electron chi connectivity index (χ2n) is 35.3. The fourth-order valence-electron chi connectivity index (χ4n) is 16.9. The third kappa shape index (κ3) is 29.6. The van der Waals surface area contributed by atoms with Crippen molar-refractivity contribution in [2.75, 3.05) is 13.7 Å². The van der Waals surface area contributed by atoms with E-state index < -0.39 is 54.2 Å². The maximum atomic E-state index is 12.2. The van der Waals surface area contributed by atoms with E-state index >= 15 is 0 Å². The molecule has 0 radical (unpaired) electrons. The number of aryl methyl sites for hydroxylation is 7. The molecule has 5 aliphatic rings. The van der Waals surface area contributed by atoms with Gasteiger partial charge in [0.2, 0.25) is 0 Å². The molecule has 4 amide bonds. The molecule has 8 atom stereocenters. The number of amides is 4. The molecule has 738 valence electrons. The molecule has 2 aromatic carbocycles. The second-order valence-corrected chi connectivity index (χ2v) is 35.3. The van der Waals surface area contributed by atoms with Crippen LogP contribution in [0.2, 0.25) is 0 Å². The van der Waals surface area contributed by atoms with Crippen LogP contribution in [0.1, 0.15) is 206 Å². The molecule has 0 spiro atoms. The lowest BCUT2D eigenvalue weighted by Gasteiger charge is -2.28. The van der Waals surface area contributed by atoms with Crippen LogP contribution in [0.5, 0.6) is 23.0 Å². The Hall–Kier alpha value is -14.3. The van der Waals surface area contributed by atoms with Crippen molar-refractivity contribution in [3.63, 3.8) is 0 Å². The van der Waals surface area contributed by atoms with Crippen LogP contribution in [0.25, 0.3) is 45.6 Å². The van der Waals surface area contributed by atoms with E-state index in [1.807, 2.05) is 126 Å². The van der Waals surface area contributed by atoms with Crippen molar-refractivity contribution in [1.29, 1.82) is 0 Å². The molecule has 0 saturated heterocycles. The highest BCUT2D eigenvalue weighted by Crippen LogP contribution is 2.37. The van der Waals surface area contributed by atoms with E-state index in [0.29, 0.717) is 167 Å². The number of aliphatic carboxylic acids is 4. The minimum absolute atomic E-state index is 0.000866. The first-order chi connectivity index (χ1) is 66.5. The normalized spacial score (nSPS) is 18.5. The summed E-state index contributed by atoms with van der Waals surface area (Å²) in [5, 5.41) is 81.6. The van der Waals surface area contributed by atoms with Crippen LogP contribution in [0.15, 0.2) is 109 Å². The van der Waals surface area contributed by atoms with Crippen LogP contribution in [0.3, 0.4) is 0 Å². The van der Waals surface area contributed by atoms with Crippen LogP contribution in [-0.4, -0.2) is 193 Å². The molecule has 41 heteroatoms. The van der Waals surface area contributed by atoms with Gasteiger partial charge in [0.25, 0.3) is 0 Å². The average molecular weight is 1910 g/mol. The maximum absolute atomic E-state index is 12.2. The first-order valence-corrected chi connectivity index (χ1v) is 46.8. The van der Waals surface area contributed by atoms with Gasteiger partial charge in [-0.2, -0.15) is 0 Å². The van der Waals surface area contributed by atoms with Gasteiger partial charge in [0.1, 0.15) is 70.8 Å². The Morgan fingerprint density at radius 3 is 1.00 bits per heavy atom. The van der Waals surface area contributed by atoms with Gasteiger partial charge < -0.3 is 84.3 Å². The first kappa shape index (κ1) is 103. The van der Waals surface area contributed by atoms with Crippen LogP contribution in [0.4, 0.5) is 19.2 Å². The van der Waals surface area contributed by atoms with Crippen LogP contribution < -0.4 is 40.2 Å². The Morgan fingerprint density at radius 2 is 0.674 bits per heavy atom. The minimum atomic E-state index is -0.786. The van der Waals surface area contributed by atoms with E-state index in [1.54, 1.807) is 72.2 Å². The Balaban J connectivity index is 0.000000165. The monoisotopic (exact) mass is 1900 g/mol. The van der Waals surface area contributed by atoms with Crippen molar-refractivity contribution in [2.45, 2.75) is 246 Å². The summed E-state index contributed by atoms with van der Waals surface area (Å²) in [4.78, 5) is 113. The van der Waals surface area contributed by atoms with Crippen molar-refractivity contribution < 1.29 is 101 Å². The first-order valence-electron chi connectivity index (χ1n) is 46.8. The number of benzene rings is 2. The zero-order chi connectivity index (χ0) is 98.3. The molecule has 8 heterocycles. The fourth-order valence-corrected chi connectivity index (χ4v) is 16.9. The third-order valence-electron chi connectivity index (χ3n) is 24.5. The summed E-state index contributed by atoms with van der Waals surface area (Å²) >= 11 is 0. The van der Waals surface area contributed by atoms with Gasteiger partial charge in [-0.1, -0.05) is 102 Å². The molecule has 0 bridgehead atoms. The van der Waals surface area contributed by atoms with E-state index in [-0.39, 0.29) is 100 Å². The van der Waals surface area contributed by atoms with Crippen molar-refractivity contribution >= 4 is 48.3 Å². The smallest absolute Gasteiger partial charge is 0.407 e. The summed E-state index contributed by atoms with van der Waals surface area (Å²) < 4.78 is 57.4. The zero-order valence-electron chi connectivity index (χ0n) is 79.6. The Morgan fingerprint density at radius 1 is 0.370 bits per heavy atom. The number of carbonyl (C=O) groups excluding carboxylic acids is 4. The lowest BCUT2D eigenvalue weighted by Crippen LogP contribution is -2.29. The molecule has 5 saturated carbocycles. The highest BCUT2D eigenvalue weighted by atomic mass is 16.6. The maximum Gasteiger partial charge on any atom is 0.407 e. The quantitative estimate of drug-likeness (QED) is 0.0174. The van der Waals surface area contributed by atoms with Crippen LogP contribution >= 0.6 is 0 Å². The number of hydrogen-bond acceptors (Lipinski definition) is 29. The molecule has 15 rings (SSSR count). The summed E-state index contributed by atoms with van der Waals surface area (Å²) in [7, 11) is 8.57. The predicted molar refractivity (Wildman–Crippen MR) is 498 cm³/mol. The molecule has 8 N–H and O–H groups in total. The molecule has 0 aliphatic heterocycles. The molecular formula is C97H124N20O21. The van der Waals surface area contributed by atoms with Gasteiger partial charge in [-0.3, -0.25) is 19.2 Å². The molecule has 5 fully saturated rings. The topological polar surface area (TPSA) is 523 Å². The van der Waals surface area contributed by atoms with Crippen LogP contribution in [0, 0.1) is 43.4 Å². The van der Waals surface area contributed by atoms with E-state index in [9.17, 15) is 58.8 Å². The predicted octanol–water partition coefficient (Wildman–Crippen LogP) is 13.8. The van der Waals surface area contributed by atoms with Crippen LogP contribution in [-0.2, 0) is 123 Å². The number of alkyl carbamates (subject to hydrolysis) is 4. The van der Waals surface area contributed by atoms with Crippen molar-refractivity contribution in [3.8, 4) is 68.5 Å². The summed E-state index contributed by atoms with van der Waals surface area (Å²) in [6.07, 6.45) is 13.4. The Kier molecular flexibility index (Phi) is 37.6. The number of carboxylic acid groups (broad SMARTS) is 4. The summed E-state index contributed by atoms with van der Waals surface area (Å²) in [5.41, 5.74) is 11.9. The number of nitrogens with zero attached hydrogens (tertiary/aromatic N) is 16.